The fourth-order valence-corrected chi connectivity index (χ4v) is 4.23. The molecule has 0 spiro atoms. The van der Waals surface area contributed by atoms with Crippen LogP contribution in [0.15, 0.2) is 34.9 Å². The summed E-state index contributed by atoms with van der Waals surface area (Å²) in [7, 11) is 0. The first-order valence-corrected chi connectivity index (χ1v) is 10.0. The van der Waals surface area contributed by atoms with Gasteiger partial charge in [-0.2, -0.15) is 0 Å². The molecule has 7 heteroatoms. The van der Waals surface area contributed by atoms with E-state index in [1.54, 1.807) is 19.2 Å². The van der Waals surface area contributed by atoms with Gasteiger partial charge in [0, 0.05) is 47.0 Å². The lowest BCUT2D eigenvalue weighted by molar-refractivity contribution is 0.0246. The molecule has 0 saturated carbocycles. The van der Waals surface area contributed by atoms with Crippen molar-refractivity contribution in [3.63, 3.8) is 0 Å². The number of benzene rings is 1. The molecule has 1 saturated heterocycles. The van der Waals surface area contributed by atoms with Crippen molar-refractivity contribution >= 4 is 16.9 Å². The zero-order chi connectivity index (χ0) is 21.3. The summed E-state index contributed by atoms with van der Waals surface area (Å²) in [4.78, 5) is 16.6. The normalized spacial score (nSPS) is 16.0. The fourth-order valence-electron chi connectivity index (χ4n) is 4.23. The third-order valence-corrected chi connectivity index (χ3v) is 5.89. The number of hydrogen-bond donors (Lipinski definition) is 2. The number of carbonyl (C=O) groups is 1. The van der Waals surface area contributed by atoms with E-state index >= 15 is 0 Å². The molecule has 3 aromatic rings. The van der Waals surface area contributed by atoms with Crippen LogP contribution in [0, 0.1) is 13.8 Å². The number of nitrogens with two attached hydrogens (primary N) is 1. The topological polar surface area (TPSA) is 108 Å². The molecule has 0 bridgehead atoms. The molecule has 1 aliphatic rings. The van der Waals surface area contributed by atoms with Gasteiger partial charge in [-0.05, 0) is 44.9 Å². The number of aromatic nitrogens is 1. The summed E-state index contributed by atoms with van der Waals surface area (Å²) in [6, 6.07) is 7.51. The molecule has 0 radical (unpaired) electrons. The van der Waals surface area contributed by atoms with Gasteiger partial charge in [0.25, 0.3) is 5.91 Å². The summed E-state index contributed by atoms with van der Waals surface area (Å²) in [5, 5.41) is 11.1. The number of primary amides is 1. The minimum Gasteiger partial charge on any atom is -0.489 e. The smallest absolute Gasteiger partial charge is 0.252 e. The third kappa shape index (κ3) is 3.55. The molecule has 1 amide bonds. The molecule has 1 aliphatic heterocycles. The van der Waals surface area contributed by atoms with Gasteiger partial charge in [0.2, 0.25) is 0 Å². The van der Waals surface area contributed by atoms with E-state index in [1.807, 2.05) is 25.1 Å². The van der Waals surface area contributed by atoms with Crippen LogP contribution >= 0.6 is 0 Å². The SMILES string of the molecule is Cc1ccc(COc2ccc3oc(C)c(C(N)=O)c3c2C2(CO)CCOCC2)cn1. The number of nitrogens with zero attached hydrogens (tertiary/aromatic N) is 1. The molecule has 7 nitrogen and oxygen atoms in total. The Labute approximate surface area is 174 Å². The van der Waals surface area contributed by atoms with Gasteiger partial charge in [-0.25, -0.2) is 0 Å². The highest BCUT2D eigenvalue weighted by atomic mass is 16.5. The van der Waals surface area contributed by atoms with Gasteiger partial charge in [0.05, 0.1) is 12.2 Å². The number of pyridine rings is 1. The molecular weight excluding hydrogens is 384 g/mol. The predicted octanol–water partition coefficient (Wildman–Crippen LogP) is 3.16. The van der Waals surface area contributed by atoms with Crippen LogP contribution in [0.3, 0.4) is 0 Å². The Morgan fingerprint density at radius 3 is 2.63 bits per heavy atom. The number of aliphatic hydroxyl groups is 1. The van der Waals surface area contributed by atoms with Crippen LogP contribution in [-0.4, -0.2) is 35.8 Å². The van der Waals surface area contributed by atoms with Gasteiger partial charge in [-0.3, -0.25) is 9.78 Å². The number of ether oxygens (including phenoxy) is 2. The summed E-state index contributed by atoms with van der Waals surface area (Å²) in [6.07, 6.45) is 2.99. The standard InChI is InChI=1S/C23H26N2O5/c1-14-3-4-16(11-25-14)12-29-18-6-5-17-20(19(22(24)27)15(2)30-17)21(18)23(13-26)7-9-28-10-8-23/h3-6,11,26H,7-10,12-13H2,1-2H3,(H2,24,27). The van der Waals surface area contributed by atoms with Crippen LogP contribution in [0.4, 0.5) is 0 Å². The van der Waals surface area contributed by atoms with Gasteiger partial charge in [-0.15, -0.1) is 0 Å². The number of aryl methyl sites for hydroxylation is 2. The quantitative estimate of drug-likeness (QED) is 0.646. The average Bonchev–Trinajstić information content (AvgIpc) is 3.09. The van der Waals surface area contributed by atoms with E-state index in [9.17, 15) is 9.90 Å². The number of furan rings is 1. The van der Waals surface area contributed by atoms with E-state index in [0.717, 1.165) is 16.8 Å². The molecular formula is C23H26N2O5. The van der Waals surface area contributed by atoms with E-state index < -0.39 is 11.3 Å². The molecule has 2 aromatic heterocycles. The second kappa shape index (κ2) is 8.08. The first kappa shape index (κ1) is 20.4. The van der Waals surface area contributed by atoms with Gasteiger partial charge in [0.1, 0.15) is 23.7 Å². The maximum atomic E-state index is 12.3. The number of fused-ring (bicyclic) bond motifs is 1. The van der Waals surface area contributed by atoms with E-state index in [4.69, 9.17) is 19.6 Å². The number of hydrogen-bond acceptors (Lipinski definition) is 6. The van der Waals surface area contributed by atoms with E-state index in [0.29, 0.717) is 60.7 Å². The highest BCUT2D eigenvalue weighted by molar-refractivity contribution is 6.08. The molecule has 0 unspecified atom stereocenters. The van der Waals surface area contributed by atoms with E-state index in [2.05, 4.69) is 4.98 Å². The first-order valence-electron chi connectivity index (χ1n) is 10.0. The summed E-state index contributed by atoms with van der Waals surface area (Å²) in [5.41, 5.74) is 8.60. The monoisotopic (exact) mass is 410 g/mol. The Balaban J connectivity index is 1.87. The lowest BCUT2D eigenvalue weighted by Gasteiger charge is -2.37. The molecule has 158 valence electrons. The number of aliphatic hydroxyl groups excluding tert-OH is 1. The summed E-state index contributed by atoms with van der Waals surface area (Å²) in [5.74, 6) is 0.494. The highest BCUT2D eigenvalue weighted by Crippen LogP contribution is 2.46. The van der Waals surface area contributed by atoms with Gasteiger partial charge in [0.15, 0.2) is 0 Å². The molecule has 3 heterocycles. The zero-order valence-corrected chi connectivity index (χ0v) is 17.2. The Bertz CT molecular complexity index is 1070. The molecule has 0 atom stereocenters. The predicted molar refractivity (Wildman–Crippen MR) is 112 cm³/mol. The van der Waals surface area contributed by atoms with Crippen LogP contribution in [-0.2, 0) is 16.8 Å². The highest BCUT2D eigenvalue weighted by Gasteiger charge is 2.40. The molecule has 1 aromatic carbocycles. The lowest BCUT2D eigenvalue weighted by Crippen LogP contribution is -2.38. The maximum absolute atomic E-state index is 12.3. The van der Waals surface area contributed by atoms with Crippen molar-refractivity contribution in [1.29, 1.82) is 0 Å². The van der Waals surface area contributed by atoms with Crippen LogP contribution in [0.1, 0.15) is 45.8 Å². The molecule has 3 N–H and O–H groups in total. The second-order valence-corrected chi connectivity index (χ2v) is 7.86. The van der Waals surface area contributed by atoms with Crippen molar-refractivity contribution in [2.75, 3.05) is 19.8 Å². The van der Waals surface area contributed by atoms with Crippen LogP contribution < -0.4 is 10.5 Å². The largest absolute Gasteiger partial charge is 0.489 e. The molecule has 30 heavy (non-hydrogen) atoms. The minimum atomic E-state index is -0.612. The Morgan fingerprint density at radius 1 is 1.23 bits per heavy atom. The minimum absolute atomic E-state index is 0.0969. The van der Waals surface area contributed by atoms with Crippen molar-refractivity contribution in [2.45, 2.75) is 38.7 Å². The number of carbonyl (C=O) groups excluding carboxylic acids is 1. The Hall–Kier alpha value is -2.90. The third-order valence-electron chi connectivity index (χ3n) is 5.89. The molecule has 0 aliphatic carbocycles. The fraction of sp³-hybridized carbons (Fsp3) is 0.391. The van der Waals surface area contributed by atoms with Crippen LogP contribution in [0.25, 0.3) is 11.0 Å². The van der Waals surface area contributed by atoms with Gasteiger partial charge < -0.3 is 24.7 Å². The number of amides is 1. The van der Waals surface area contributed by atoms with Crippen LogP contribution in [0.5, 0.6) is 5.75 Å². The Morgan fingerprint density at radius 2 is 2.00 bits per heavy atom. The molecule has 4 rings (SSSR count). The Kier molecular flexibility index (Phi) is 5.49. The van der Waals surface area contributed by atoms with Crippen molar-refractivity contribution in [2.24, 2.45) is 5.73 Å². The average molecular weight is 410 g/mol. The maximum Gasteiger partial charge on any atom is 0.252 e. The summed E-state index contributed by atoms with van der Waals surface area (Å²) >= 11 is 0. The van der Waals surface area contributed by atoms with Gasteiger partial charge in [-0.1, -0.05) is 6.07 Å². The first-order chi connectivity index (χ1) is 14.4. The summed E-state index contributed by atoms with van der Waals surface area (Å²) in [6.45, 7) is 4.90. The summed E-state index contributed by atoms with van der Waals surface area (Å²) < 4.78 is 17.6. The van der Waals surface area contributed by atoms with Crippen molar-refractivity contribution in [3.8, 4) is 5.75 Å². The van der Waals surface area contributed by atoms with Crippen molar-refractivity contribution in [1.82, 2.24) is 4.98 Å². The van der Waals surface area contributed by atoms with Crippen molar-refractivity contribution in [3.05, 3.63) is 58.6 Å². The van der Waals surface area contributed by atoms with Gasteiger partial charge >= 0.3 is 0 Å². The second-order valence-electron chi connectivity index (χ2n) is 7.86. The van der Waals surface area contributed by atoms with E-state index in [1.165, 1.54) is 0 Å². The zero-order valence-electron chi connectivity index (χ0n) is 17.2. The number of rotatable bonds is 6. The van der Waals surface area contributed by atoms with Crippen molar-refractivity contribution < 1.29 is 23.8 Å². The molecule has 1 fully saturated rings. The lowest BCUT2D eigenvalue weighted by atomic mass is 9.72. The van der Waals surface area contributed by atoms with E-state index in [-0.39, 0.29) is 6.61 Å². The van der Waals surface area contributed by atoms with Crippen LogP contribution in [0.2, 0.25) is 0 Å².